The van der Waals surface area contributed by atoms with E-state index in [1.807, 2.05) is 0 Å². The molecule has 10 heteroatoms. The summed E-state index contributed by atoms with van der Waals surface area (Å²) < 4.78 is 36.7. The molecule has 2 rings (SSSR count). The highest BCUT2D eigenvalue weighted by molar-refractivity contribution is 7.89. The second-order valence-corrected chi connectivity index (χ2v) is 7.66. The van der Waals surface area contributed by atoms with Crippen LogP contribution in [0.15, 0.2) is 23.1 Å². The molecule has 1 aromatic rings. The molecule has 1 aromatic carbocycles. The van der Waals surface area contributed by atoms with Crippen molar-refractivity contribution >= 4 is 34.4 Å². The quantitative estimate of drug-likeness (QED) is 0.729. The Morgan fingerprint density at radius 1 is 1.12 bits per heavy atom. The number of carbonyl (C=O) groups is 2. The molecule has 0 aromatic heterocycles. The Morgan fingerprint density at radius 2 is 1.69 bits per heavy atom. The van der Waals surface area contributed by atoms with Gasteiger partial charge in [-0.25, -0.2) is 18.0 Å². The van der Waals surface area contributed by atoms with Gasteiger partial charge in [0.25, 0.3) is 0 Å². The van der Waals surface area contributed by atoms with E-state index >= 15 is 0 Å². The number of nitrogens with zero attached hydrogens (tertiary/aromatic N) is 1. The molecule has 0 atom stereocenters. The molecule has 0 spiro atoms. The maximum atomic E-state index is 13.1. The van der Waals surface area contributed by atoms with E-state index in [0.29, 0.717) is 12.8 Å². The van der Waals surface area contributed by atoms with Crippen LogP contribution >= 0.6 is 12.4 Å². The van der Waals surface area contributed by atoms with Crippen LogP contribution in [0.4, 0.5) is 0 Å². The van der Waals surface area contributed by atoms with Crippen LogP contribution in [0.25, 0.3) is 0 Å². The van der Waals surface area contributed by atoms with Gasteiger partial charge in [-0.2, -0.15) is 4.31 Å². The molecule has 0 saturated carbocycles. The zero-order chi connectivity index (χ0) is 18.6. The van der Waals surface area contributed by atoms with Crippen molar-refractivity contribution in [2.45, 2.75) is 23.8 Å². The second-order valence-electron chi connectivity index (χ2n) is 5.70. The molecule has 1 aliphatic heterocycles. The molecule has 8 nitrogen and oxygen atoms in total. The van der Waals surface area contributed by atoms with Gasteiger partial charge < -0.3 is 14.8 Å². The summed E-state index contributed by atoms with van der Waals surface area (Å²) in [5.41, 5.74) is -0.0663. The highest BCUT2D eigenvalue weighted by Crippen LogP contribution is 2.26. The highest BCUT2D eigenvalue weighted by Gasteiger charge is 2.33. The number of sulfonamides is 1. The lowest BCUT2D eigenvalue weighted by Gasteiger charge is -2.31. The minimum Gasteiger partial charge on any atom is -0.465 e. The number of ether oxygens (including phenoxy) is 2. The maximum absolute atomic E-state index is 13.1. The van der Waals surface area contributed by atoms with Crippen molar-refractivity contribution in [3.8, 4) is 0 Å². The monoisotopic (exact) mass is 406 g/mol. The summed E-state index contributed by atoms with van der Waals surface area (Å²) in [6, 6.07) is 3.58. The van der Waals surface area contributed by atoms with Gasteiger partial charge >= 0.3 is 11.9 Å². The number of hydrogen-bond donors (Lipinski definition) is 1. The van der Waals surface area contributed by atoms with Crippen molar-refractivity contribution in [3.05, 3.63) is 29.3 Å². The van der Waals surface area contributed by atoms with E-state index in [1.165, 1.54) is 37.7 Å². The molecule has 26 heavy (non-hydrogen) atoms. The first-order valence-corrected chi connectivity index (χ1v) is 9.26. The maximum Gasteiger partial charge on any atom is 0.339 e. The summed E-state index contributed by atoms with van der Waals surface area (Å²) in [5, 5.41) is 3.17. The third-order valence-corrected chi connectivity index (χ3v) is 6.24. The Labute approximate surface area is 159 Å². The fourth-order valence-corrected chi connectivity index (χ4v) is 4.40. The number of halogens is 1. The van der Waals surface area contributed by atoms with Crippen LogP contribution in [-0.2, 0) is 19.5 Å². The summed E-state index contributed by atoms with van der Waals surface area (Å²) in [4.78, 5) is 23.5. The van der Waals surface area contributed by atoms with Crippen LogP contribution < -0.4 is 5.32 Å². The van der Waals surface area contributed by atoms with Gasteiger partial charge in [-0.05, 0) is 44.1 Å². The predicted molar refractivity (Wildman–Crippen MR) is 97.2 cm³/mol. The van der Waals surface area contributed by atoms with Crippen molar-refractivity contribution in [2.24, 2.45) is 0 Å². The van der Waals surface area contributed by atoms with Crippen LogP contribution in [0.1, 0.15) is 33.6 Å². The SMILES string of the molecule is COC(=O)c1ccc(C(=O)OC)c(S(=O)(=O)N(C)C2CCNCC2)c1.Cl. The van der Waals surface area contributed by atoms with Crippen molar-refractivity contribution in [1.82, 2.24) is 9.62 Å². The Balaban J connectivity index is 0.00000338. The average molecular weight is 407 g/mol. The second kappa shape index (κ2) is 9.31. The van der Waals surface area contributed by atoms with Gasteiger partial charge in [0.2, 0.25) is 10.0 Å². The van der Waals surface area contributed by atoms with E-state index in [9.17, 15) is 18.0 Å². The van der Waals surface area contributed by atoms with Gasteiger partial charge in [0.1, 0.15) is 0 Å². The zero-order valence-corrected chi connectivity index (χ0v) is 16.5. The topological polar surface area (TPSA) is 102 Å². The zero-order valence-electron chi connectivity index (χ0n) is 14.9. The first-order valence-electron chi connectivity index (χ1n) is 7.82. The molecule has 0 unspecified atom stereocenters. The number of esters is 2. The molecular formula is C16H23ClN2O6S. The first kappa shape index (κ1) is 22.4. The Morgan fingerprint density at radius 3 is 2.23 bits per heavy atom. The Kier molecular flexibility index (Phi) is 8.01. The molecule has 1 aliphatic rings. The number of hydrogen-bond acceptors (Lipinski definition) is 7. The molecule has 1 heterocycles. The van der Waals surface area contributed by atoms with Gasteiger partial charge in [-0.1, -0.05) is 0 Å². The van der Waals surface area contributed by atoms with Gasteiger partial charge in [-0.3, -0.25) is 0 Å². The van der Waals surface area contributed by atoms with E-state index in [1.54, 1.807) is 0 Å². The normalized spacial score (nSPS) is 15.2. The lowest BCUT2D eigenvalue weighted by molar-refractivity contribution is 0.0583. The Hall–Kier alpha value is -1.68. The van der Waals surface area contributed by atoms with Crippen molar-refractivity contribution in [1.29, 1.82) is 0 Å². The molecule has 0 aliphatic carbocycles. The van der Waals surface area contributed by atoms with E-state index in [4.69, 9.17) is 0 Å². The van der Waals surface area contributed by atoms with Crippen molar-refractivity contribution < 1.29 is 27.5 Å². The van der Waals surface area contributed by atoms with Crippen LogP contribution in [0, 0.1) is 0 Å². The van der Waals surface area contributed by atoms with Crippen LogP contribution in [-0.4, -0.2) is 65.1 Å². The molecule has 146 valence electrons. The third kappa shape index (κ3) is 4.53. The summed E-state index contributed by atoms with van der Waals surface area (Å²) in [6.07, 6.45) is 1.33. The van der Waals surface area contributed by atoms with Gasteiger partial charge in [0.05, 0.1) is 30.2 Å². The summed E-state index contributed by atoms with van der Waals surface area (Å²) in [7, 11) is -0.138. The average Bonchev–Trinajstić information content (AvgIpc) is 2.66. The molecule has 1 N–H and O–H groups in total. The van der Waals surface area contributed by atoms with Gasteiger partial charge in [-0.15, -0.1) is 12.4 Å². The van der Waals surface area contributed by atoms with Crippen molar-refractivity contribution in [2.75, 3.05) is 34.4 Å². The highest BCUT2D eigenvalue weighted by atomic mass is 35.5. The van der Waals surface area contributed by atoms with Gasteiger partial charge in [0.15, 0.2) is 0 Å². The van der Waals surface area contributed by atoms with Gasteiger partial charge in [0, 0.05) is 13.1 Å². The van der Waals surface area contributed by atoms with E-state index < -0.39 is 22.0 Å². The van der Waals surface area contributed by atoms with E-state index in [2.05, 4.69) is 14.8 Å². The fourth-order valence-electron chi connectivity index (χ4n) is 2.78. The molecule has 1 saturated heterocycles. The molecule has 0 radical (unpaired) electrons. The van der Waals surface area contributed by atoms with E-state index in [-0.39, 0.29) is 34.5 Å². The van der Waals surface area contributed by atoms with Crippen molar-refractivity contribution in [3.63, 3.8) is 0 Å². The lowest BCUT2D eigenvalue weighted by atomic mass is 10.1. The smallest absolute Gasteiger partial charge is 0.339 e. The standard InChI is InChI=1S/C16H22N2O6S.ClH/c1-18(12-6-8-17-9-7-12)25(21,22)14-10-11(15(19)23-2)4-5-13(14)16(20)24-3;/h4-5,10,12,17H,6-9H2,1-3H3;1H. The molecule has 0 bridgehead atoms. The van der Waals surface area contributed by atoms with Crippen LogP contribution in [0.2, 0.25) is 0 Å². The first-order chi connectivity index (χ1) is 11.8. The lowest BCUT2D eigenvalue weighted by Crippen LogP contribution is -2.44. The van der Waals surface area contributed by atoms with Crippen LogP contribution in [0.5, 0.6) is 0 Å². The largest absolute Gasteiger partial charge is 0.465 e. The summed E-state index contributed by atoms with van der Waals surface area (Å²) in [5.74, 6) is -1.47. The Bertz CT molecular complexity index is 762. The minimum absolute atomic E-state index is 0. The summed E-state index contributed by atoms with van der Waals surface area (Å²) in [6.45, 7) is 1.44. The molecule has 1 fully saturated rings. The summed E-state index contributed by atoms with van der Waals surface area (Å²) >= 11 is 0. The number of nitrogens with one attached hydrogen (secondary N) is 1. The number of benzene rings is 1. The van der Waals surface area contributed by atoms with Crippen LogP contribution in [0.3, 0.4) is 0 Å². The fraction of sp³-hybridized carbons (Fsp3) is 0.500. The number of rotatable bonds is 5. The number of methoxy groups -OCH3 is 2. The predicted octanol–water partition coefficient (Wildman–Crippen LogP) is 1.05. The minimum atomic E-state index is -3.99. The number of piperidine rings is 1. The number of carbonyl (C=O) groups excluding carboxylic acids is 2. The van der Waals surface area contributed by atoms with E-state index in [0.717, 1.165) is 19.2 Å². The third-order valence-electron chi connectivity index (χ3n) is 4.29. The molecule has 0 amide bonds. The molecular weight excluding hydrogens is 384 g/mol.